The van der Waals surface area contributed by atoms with E-state index in [0.29, 0.717) is 24.0 Å². The van der Waals surface area contributed by atoms with Crippen molar-refractivity contribution in [1.82, 2.24) is 4.90 Å². The number of hydrogen-bond donors (Lipinski definition) is 0. The van der Waals surface area contributed by atoms with Crippen LogP contribution in [0, 0.1) is 10.1 Å². The molecule has 0 amide bonds. The van der Waals surface area contributed by atoms with E-state index in [2.05, 4.69) is 20.7 Å². The number of nitro benzene ring substituents is 1. The van der Waals surface area contributed by atoms with Gasteiger partial charge in [-0.3, -0.25) is 19.8 Å². The molecule has 0 aliphatic heterocycles. The Morgan fingerprint density at radius 3 is 2.75 bits per heavy atom. The Balaban J connectivity index is 2.77. The van der Waals surface area contributed by atoms with Gasteiger partial charge >= 0.3 is 5.97 Å². The highest BCUT2D eigenvalue weighted by molar-refractivity contribution is 9.10. The first kappa shape index (κ1) is 16.6. The number of rotatable bonds is 7. The number of nitrogens with zero attached hydrogens (tertiary/aromatic N) is 2. The van der Waals surface area contributed by atoms with Crippen molar-refractivity contribution in [1.29, 1.82) is 0 Å². The largest absolute Gasteiger partial charge is 0.469 e. The second-order valence-electron chi connectivity index (χ2n) is 4.20. The Morgan fingerprint density at radius 2 is 2.20 bits per heavy atom. The lowest BCUT2D eigenvalue weighted by Gasteiger charge is -2.20. The summed E-state index contributed by atoms with van der Waals surface area (Å²) in [6.45, 7) is 3.81. The fourth-order valence-corrected chi connectivity index (χ4v) is 2.31. The summed E-state index contributed by atoms with van der Waals surface area (Å²) in [6, 6.07) is 4.95. The van der Waals surface area contributed by atoms with Crippen LogP contribution in [0.5, 0.6) is 0 Å². The molecule has 0 heterocycles. The van der Waals surface area contributed by atoms with E-state index in [4.69, 9.17) is 0 Å². The van der Waals surface area contributed by atoms with Crippen LogP contribution in [0.1, 0.15) is 18.9 Å². The summed E-state index contributed by atoms with van der Waals surface area (Å²) in [6.07, 6.45) is 0.302. The first-order valence-corrected chi connectivity index (χ1v) is 6.99. The average Bonchev–Trinajstić information content (AvgIpc) is 2.44. The van der Waals surface area contributed by atoms with Crippen molar-refractivity contribution in [3.8, 4) is 0 Å². The van der Waals surface area contributed by atoms with Crippen molar-refractivity contribution < 1.29 is 14.5 Å². The molecule has 0 saturated heterocycles. The van der Waals surface area contributed by atoms with Crippen LogP contribution in [0.4, 0.5) is 5.69 Å². The summed E-state index contributed by atoms with van der Waals surface area (Å²) < 4.78 is 5.09. The van der Waals surface area contributed by atoms with E-state index < -0.39 is 4.92 Å². The summed E-state index contributed by atoms with van der Waals surface area (Å²) in [7, 11) is 1.36. The molecule has 1 aromatic rings. The molecule has 0 saturated carbocycles. The van der Waals surface area contributed by atoms with Crippen molar-refractivity contribution in [3.05, 3.63) is 38.3 Å². The van der Waals surface area contributed by atoms with Crippen molar-refractivity contribution in [2.75, 3.05) is 20.2 Å². The van der Waals surface area contributed by atoms with Crippen LogP contribution in [0.2, 0.25) is 0 Å². The van der Waals surface area contributed by atoms with Gasteiger partial charge in [0.05, 0.1) is 22.9 Å². The third kappa shape index (κ3) is 4.57. The molecule has 1 rings (SSSR count). The number of carbonyl (C=O) groups is 1. The molecule has 1 aromatic carbocycles. The first-order valence-electron chi connectivity index (χ1n) is 6.20. The lowest BCUT2D eigenvalue weighted by molar-refractivity contribution is -0.385. The van der Waals surface area contributed by atoms with E-state index in [1.54, 1.807) is 6.07 Å². The Hall–Kier alpha value is -1.47. The van der Waals surface area contributed by atoms with Gasteiger partial charge in [0.2, 0.25) is 0 Å². The summed E-state index contributed by atoms with van der Waals surface area (Å²) in [4.78, 5) is 23.6. The Morgan fingerprint density at radius 1 is 1.50 bits per heavy atom. The Bertz CT molecular complexity index is 493. The van der Waals surface area contributed by atoms with Crippen LogP contribution in [0.25, 0.3) is 0 Å². The monoisotopic (exact) mass is 344 g/mol. The second-order valence-corrected chi connectivity index (χ2v) is 5.00. The van der Waals surface area contributed by atoms with Gasteiger partial charge in [0.15, 0.2) is 0 Å². The molecule has 6 nitrogen and oxygen atoms in total. The normalized spacial score (nSPS) is 10.6. The molecule has 0 unspecified atom stereocenters. The molecule has 0 bridgehead atoms. The number of hydrogen-bond acceptors (Lipinski definition) is 5. The zero-order valence-corrected chi connectivity index (χ0v) is 13.1. The molecule has 0 radical (unpaired) electrons. The van der Waals surface area contributed by atoms with Gasteiger partial charge in [0.1, 0.15) is 0 Å². The predicted molar refractivity (Wildman–Crippen MR) is 78.4 cm³/mol. The molecule has 7 heteroatoms. The van der Waals surface area contributed by atoms with Crippen LogP contribution in [0.15, 0.2) is 22.7 Å². The van der Waals surface area contributed by atoms with Gasteiger partial charge in [0.25, 0.3) is 5.69 Å². The first-order chi connectivity index (χ1) is 9.49. The van der Waals surface area contributed by atoms with E-state index in [-0.39, 0.29) is 11.7 Å². The van der Waals surface area contributed by atoms with E-state index in [0.717, 1.165) is 12.1 Å². The number of carbonyl (C=O) groups excluding carboxylic acids is 1. The van der Waals surface area contributed by atoms with Gasteiger partial charge in [-0.15, -0.1) is 0 Å². The van der Waals surface area contributed by atoms with Gasteiger partial charge in [-0.25, -0.2) is 0 Å². The molecule has 0 atom stereocenters. The Kier molecular flexibility index (Phi) is 6.60. The average molecular weight is 345 g/mol. The maximum absolute atomic E-state index is 11.1. The third-order valence-corrected chi connectivity index (χ3v) is 3.87. The molecule has 0 fully saturated rings. The van der Waals surface area contributed by atoms with Crippen molar-refractivity contribution in [2.45, 2.75) is 19.9 Å². The zero-order chi connectivity index (χ0) is 15.1. The minimum Gasteiger partial charge on any atom is -0.469 e. The number of methoxy groups -OCH3 is 1. The standard InChI is InChI=1S/C13H17BrN2O4/c1-3-15(8-7-12(17)20-2)9-10-5-4-6-11(13(10)14)16(18)19/h4-6H,3,7-9H2,1-2H3. The minimum atomic E-state index is -0.418. The van der Waals surface area contributed by atoms with E-state index in [1.165, 1.54) is 13.2 Å². The highest BCUT2D eigenvalue weighted by Crippen LogP contribution is 2.29. The van der Waals surface area contributed by atoms with Crippen molar-refractivity contribution in [3.63, 3.8) is 0 Å². The lowest BCUT2D eigenvalue weighted by Crippen LogP contribution is -2.26. The van der Waals surface area contributed by atoms with Gasteiger partial charge in [-0.1, -0.05) is 19.1 Å². The maximum atomic E-state index is 11.1. The van der Waals surface area contributed by atoms with Crippen LogP contribution in [-0.2, 0) is 16.1 Å². The minimum absolute atomic E-state index is 0.0477. The van der Waals surface area contributed by atoms with Crippen LogP contribution < -0.4 is 0 Å². The van der Waals surface area contributed by atoms with E-state index in [9.17, 15) is 14.9 Å². The van der Waals surface area contributed by atoms with Gasteiger partial charge in [-0.2, -0.15) is 0 Å². The molecule has 0 N–H and O–H groups in total. The van der Waals surface area contributed by atoms with Crippen molar-refractivity contribution in [2.24, 2.45) is 0 Å². The molecular weight excluding hydrogens is 328 g/mol. The molecular formula is C13H17BrN2O4. The summed E-state index contributed by atoms with van der Waals surface area (Å²) in [5.41, 5.74) is 0.873. The summed E-state index contributed by atoms with van der Waals surface area (Å²) in [5, 5.41) is 10.9. The molecule has 110 valence electrons. The smallest absolute Gasteiger partial charge is 0.306 e. The van der Waals surface area contributed by atoms with Crippen LogP contribution in [0.3, 0.4) is 0 Å². The summed E-state index contributed by atoms with van der Waals surface area (Å²) in [5.74, 6) is -0.262. The van der Waals surface area contributed by atoms with Gasteiger partial charge in [0, 0.05) is 19.2 Å². The van der Waals surface area contributed by atoms with E-state index in [1.807, 2.05) is 17.9 Å². The quantitative estimate of drug-likeness (QED) is 0.432. The topological polar surface area (TPSA) is 72.7 Å². The zero-order valence-electron chi connectivity index (χ0n) is 11.5. The SMILES string of the molecule is CCN(CCC(=O)OC)Cc1cccc([N+](=O)[O-])c1Br. The molecule has 0 aliphatic rings. The van der Waals surface area contributed by atoms with Crippen LogP contribution in [-0.4, -0.2) is 36.0 Å². The molecule has 0 aromatic heterocycles. The fourth-order valence-electron chi connectivity index (χ4n) is 1.77. The Labute approximate surface area is 126 Å². The number of esters is 1. The van der Waals surface area contributed by atoms with Crippen LogP contribution >= 0.6 is 15.9 Å². The number of ether oxygens (including phenoxy) is 1. The molecule has 0 aliphatic carbocycles. The highest BCUT2D eigenvalue weighted by Gasteiger charge is 2.16. The van der Waals surface area contributed by atoms with Gasteiger partial charge in [-0.05, 0) is 28.0 Å². The number of nitro groups is 1. The second kappa shape index (κ2) is 7.96. The predicted octanol–water partition coefficient (Wildman–Crippen LogP) is 2.74. The number of halogens is 1. The maximum Gasteiger partial charge on any atom is 0.306 e. The third-order valence-electron chi connectivity index (χ3n) is 2.96. The lowest BCUT2D eigenvalue weighted by atomic mass is 10.2. The van der Waals surface area contributed by atoms with Crippen molar-refractivity contribution >= 4 is 27.6 Å². The van der Waals surface area contributed by atoms with E-state index >= 15 is 0 Å². The molecule has 20 heavy (non-hydrogen) atoms. The summed E-state index contributed by atoms with van der Waals surface area (Å²) >= 11 is 3.27. The highest BCUT2D eigenvalue weighted by atomic mass is 79.9. The van der Waals surface area contributed by atoms with Gasteiger partial charge < -0.3 is 4.74 Å². The number of benzene rings is 1. The fraction of sp³-hybridized carbons (Fsp3) is 0.462. The molecule has 0 spiro atoms.